The maximum Gasteiger partial charge on any atom is 0.134 e. The molecule has 2 aromatic rings. The predicted octanol–water partition coefficient (Wildman–Crippen LogP) is 6.13. The summed E-state index contributed by atoms with van der Waals surface area (Å²) >= 11 is 0. The lowest BCUT2D eigenvalue weighted by Crippen LogP contribution is -1.81. The SMILES string of the molecule is C=Cc1c(/C=C\C)oc(/C=C(\C)c2ccc(C)cc2)c1C. The molecule has 21 heavy (non-hydrogen) atoms. The molecule has 0 bridgehead atoms. The zero-order chi connectivity index (χ0) is 15.4. The van der Waals surface area contributed by atoms with Crippen LogP contribution < -0.4 is 0 Å². The Labute approximate surface area is 127 Å². The Hall–Kier alpha value is -2.28. The molecule has 1 heterocycles. The third-order valence-electron chi connectivity index (χ3n) is 3.64. The number of allylic oxidation sites excluding steroid dienone is 2. The van der Waals surface area contributed by atoms with Crippen LogP contribution in [-0.4, -0.2) is 0 Å². The normalized spacial score (nSPS) is 12.1. The average molecular weight is 278 g/mol. The molecule has 0 radical (unpaired) electrons. The van der Waals surface area contributed by atoms with Gasteiger partial charge in [-0.3, -0.25) is 0 Å². The van der Waals surface area contributed by atoms with E-state index in [4.69, 9.17) is 4.42 Å². The Morgan fingerprint density at radius 1 is 1.10 bits per heavy atom. The Kier molecular flexibility index (Phi) is 4.64. The second kappa shape index (κ2) is 6.45. The molecule has 0 saturated carbocycles. The van der Waals surface area contributed by atoms with E-state index in [1.165, 1.54) is 16.7 Å². The van der Waals surface area contributed by atoms with Crippen molar-refractivity contribution >= 4 is 23.8 Å². The molecule has 0 fully saturated rings. The Balaban J connectivity index is 2.44. The van der Waals surface area contributed by atoms with Crippen LogP contribution in [0.4, 0.5) is 0 Å². The largest absolute Gasteiger partial charge is 0.456 e. The van der Waals surface area contributed by atoms with Crippen LogP contribution in [0.1, 0.15) is 47.6 Å². The van der Waals surface area contributed by atoms with Crippen molar-refractivity contribution in [1.82, 2.24) is 0 Å². The highest BCUT2D eigenvalue weighted by Gasteiger charge is 2.11. The first kappa shape index (κ1) is 15.1. The number of benzene rings is 1. The molecule has 0 unspecified atom stereocenters. The van der Waals surface area contributed by atoms with Crippen LogP contribution >= 0.6 is 0 Å². The molecule has 1 aromatic heterocycles. The van der Waals surface area contributed by atoms with Crippen molar-refractivity contribution in [3.8, 4) is 0 Å². The lowest BCUT2D eigenvalue weighted by Gasteiger charge is -2.02. The van der Waals surface area contributed by atoms with Gasteiger partial charge in [0.15, 0.2) is 0 Å². The van der Waals surface area contributed by atoms with Gasteiger partial charge in [-0.05, 0) is 51.0 Å². The number of hydrogen-bond donors (Lipinski definition) is 0. The number of aryl methyl sites for hydroxylation is 1. The highest BCUT2D eigenvalue weighted by Crippen LogP contribution is 2.28. The van der Waals surface area contributed by atoms with Crippen molar-refractivity contribution in [3.05, 3.63) is 70.7 Å². The van der Waals surface area contributed by atoms with E-state index in [0.29, 0.717) is 0 Å². The summed E-state index contributed by atoms with van der Waals surface area (Å²) < 4.78 is 5.96. The standard InChI is InChI=1S/C20H22O/c1-6-8-19-18(7-2)16(5)20(21-19)13-15(4)17-11-9-14(3)10-12-17/h6-13H,2H2,1,3-5H3/b8-6-,15-13+. The molecule has 0 aliphatic carbocycles. The fourth-order valence-corrected chi connectivity index (χ4v) is 2.33. The molecular formula is C20H22O. The van der Waals surface area contributed by atoms with Crippen LogP contribution in [0.15, 0.2) is 41.3 Å². The van der Waals surface area contributed by atoms with Crippen LogP contribution in [-0.2, 0) is 0 Å². The molecule has 0 aliphatic rings. The molecule has 2 rings (SSSR count). The van der Waals surface area contributed by atoms with Gasteiger partial charge in [-0.1, -0.05) is 48.6 Å². The predicted molar refractivity (Wildman–Crippen MR) is 93.0 cm³/mol. The van der Waals surface area contributed by atoms with E-state index in [0.717, 1.165) is 22.6 Å². The summed E-state index contributed by atoms with van der Waals surface area (Å²) in [5, 5.41) is 0. The summed E-state index contributed by atoms with van der Waals surface area (Å²) in [6.07, 6.45) is 7.90. The molecule has 1 heteroatoms. The van der Waals surface area contributed by atoms with Gasteiger partial charge in [0.2, 0.25) is 0 Å². The molecule has 1 nitrogen and oxygen atoms in total. The van der Waals surface area contributed by atoms with Gasteiger partial charge in [-0.25, -0.2) is 0 Å². The zero-order valence-electron chi connectivity index (χ0n) is 13.2. The highest BCUT2D eigenvalue weighted by molar-refractivity contribution is 5.81. The Morgan fingerprint density at radius 3 is 2.33 bits per heavy atom. The van der Waals surface area contributed by atoms with E-state index in [1.54, 1.807) is 0 Å². The molecule has 0 saturated heterocycles. The number of rotatable bonds is 4. The molecule has 0 amide bonds. The minimum absolute atomic E-state index is 0.868. The number of hydrogen-bond acceptors (Lipinski definition) is 1. The molecule has 1 aromatic carbocycles. The van der Waals surface area contributed by atoms with Crippen LogP contribution in [0.25, 0.3) is 23.8 Å². The van der Waals surface area contributed by atoms with Crippen LogP contribution in [0.3, 0.4) is 0 Å². The van der Waals surface area contributed by atoms with Crippen molar-refractivity contribution in [2.24, 2.45) is 0 Å². The third-order valence-corrected chi connectivity index (χ3v) is 3.64. The fraction of sp³-hybridized carbons (Fsp3) is 0.200. The summed E-state index contributed by atoms with van der Waals surface area (Å²) in [4.78, 5) is 0. The van der Waals surface area contributed by atoms with E-state index in [-0.39, 0.29) is 0 Å². The molecule has 108 valence electrons. The van der Waals surface area contributed by atoms with E-state index in [9.17, 15) is 0 Å². The molecule has 0 spiro atoms. The smallest absolute Gasteiger partial charge is 0.134 e. The van der Waals surface area contributed by atoms with E-state index in [2.05, 4.69) is 57.7 Å². The van der Waals surface area contributed by atoms with Gasteiger partial charge in [0, 0.05) is 11.1 Å². The van der Waals surface area contributed by atoms with Crippen molar-refractivity contribution in [2.75, 3.05) is 0 Å². The van der Waals surface area contributed by atoms with Crippen molar-refractivity contribution < 1.29 is 4.42 Å². The molecule has 0 atom stereocenters. The van der Waals surface area contributed by atoms with Crippen LogP contribution in [0.2, 0.25) is 0 Å². The summed E-state index contributed by atoms with van der Waals surface area (Å²) in [7, 11) is 0. The number of furan rings is 1. The maximum absolute atomic E-state index is 5.96. The average Bonchev–Trinajstić information content (AvgIpc) is 2.75. The van der Waals surface area contributed by atoms with Gasteiger partial charge >= 0.3 is 0 Å². The lowest BCUT2D eigenvalue weighted by molar-refractivity contribution is 0.544. The summed E-state index contributed by atoms with van der Waals surface area (Å²) in [6, 6.07) is 8.53. The van der Waals surface area contributed by atoms with Gasteiger partial charge < -0.3 is 4.42 Å². The minimum Gasteiger partial charge on any atom is -0.456 e. The van der Waals surface area contributed by atoms with Crippen molar-refractivity contribution in [2.45, 2.75) is 27.7 Å². The van der Waals surface area contributed by atoms with Crippen LogP contribution in [0, 0.1) is 13.8 Å². The van der Waals surface area contributed by atoms with Gasteiger partial charge in [-0.2, -0.15) is 0 Å². The van der Waals surface area contributed by atoms with Gasteiger partial charge in [0.25, 0.3) is 0 Å². The first-order chi connectivity index (χ1) is 10.1. The third kappa shape index (κ3) is 3.25. The Morgan fingerprint density at radius 2 is 1.76 bits per heavy atom. The summed E-state index contributed by atoms with van der Waals surface area (Å²) in [5.41, 5.74) is 5.87. The second-order valence-corrected chi connectivity index (χ2v) is 5.27. The zero-order valence-corrected chi connectivity index (χ0v) is 13.2. The quantitative estimate of drug-likeness (QED) is 0.655. The van der Waals surface area contributed by atoms with Gasteiger partial charge in [0.05, 0.1) is 0 Å². The summed E-state index contributed by atoms with van der Waals surface area (Å²) in [6.45, 7) is 12.1. The van der Waals surface area contributed by atoms with Crippen molar-refractivity contribution in [1.29, 1.82) is 0 Å². The minimum atomic E-state index is 0.868. The van der Waals surface area contributed by atoms with Crippen molar-refractivity contribution in [3.63, 3.8) is 0 Å². The van der Waals surface area contributed by atoms with E-state index < -0.39 is 0 Å². The molecule has 0 aliphatic heterocycles. The highest BCUT2D eigenvalue weighted by atomic mass is 16.3. The summed E-state index contributed by atoms with van der Waals surface area (Å²) in [5.74, 6) is 1.77. The Bertz CT molecular complexity index is 694. The van der Waals surface area contributed by atoms with Gasteiger partial charge in [0.1, 0.15) is 11.5 Å². The van der Waals surface area contributed by atoms with E-state index >= 15 is 0 Å². The molecular weight excluding hydrogens is 256 g/mol. The van der Waals surface area contributed by atoms with Gasteiger partial charge in [-0.15, -0.1) is 0 Å². The lowest BCUT2D eigenvalue weighted by atomic mass is 10.0. The van der Waals surface area contributed by atoms with Crippen LogP contribution in [0.5, 0.6) is 0 Å². The first-order valence-corrected chi connectivity index (χ1v) is 7.20. The maximum atomic E-state index is 5.96. The monoisotopic (exact) mass is 278 g/mol. The second-order valence-electron chi connectivity index (χ2n) is 5.27. The molecule has 0 N–H and O–H groups in total. The topological polar surface area (TPSA) is 13.1 Å². The fourth-order valence-electron chi connectivity index (χ4n) is 2.33. The van der Waals surface area contributed by atoms with E-state index in [1.807, 2.05) is 25.2 Å². The first-order valence-electron chi connectivity index (χ1n) is 7.20.